The fraction of sp³-hybridized carbons (Fsp3) is 0.0625. The molecule has 22 heavy (non-hydrogen) atoms. The van der Waals surface area contributed by atoms with Crippen molar-refractivity contribution in [2.45, 2.75) is 0 Å². The zero-order valence-electron chi connectivity index (χ0n) is 11.7. The molecule has 0 aliphatic rings. The summed E-state index contributed by atoms with van der Waals surface area (Å²) >= 11 is 6.08. The number of ether oxygens (including phenoxy) is 1. The lowest BCUT2D eigenvalue weighted by Gasteiger charge is -2.08. The number of tetrazole rings is 1. The van der Waals surface area contributed by atoms with E-state index in [1.165, 1.54) is 0 Å². The molecule has 0 saturated heterocycles. The van der Waals surface area contributed by atoms with Crippen LogP contribution < -0.4 is 4.74 Å². The molecule has 4 aromatic rings. The fourth-order valence-electron chi connectivity index (χ4n) is 2.56. The molecule has 0 saturated carbocycles. The minimum Gasteiger partial charge on any atom is -0.497 e. The highest BCUT2D eigenvalue weighted by atomic mass is 35.5. The average molecular weight is 311 g/mol. The maximum Gasteiger partial charge on any atom is 0.187 e. The fourth-order valence-corrected chi connectivity index (χ4v) is 2.73. The smallest absolute Gasteiger partial charge is 0.187 e. The summed E-state index contributed by atoms with van der Waals surface area (Å²) in [5.41, 5.74) is 3.50. The summed E-state index contributed by atoms with van der Waals surface area (Å²) in [5, 5.41) is 13.7. The van der Waals surface area contributed by atoms with E-state index in [-0.39, 0.29) is 0 Å². The Labute approximate surface area is 131 Å². The number of rotatable bonds is 2. The van der Waals surface area contributed by atoms with Crippen LogP contribution in [-0.2, 0) is 0 Å². The van der Waals surface area contributed by atoms with E-state index in [9.17, 15) is 0 Å². The van der Waals surface area contributed by atoms with Gasteiger partial charge in [0, 0.05) is 16.0 Å². The lowest BCUT2D eigenvalue weighted by Crippen LogP contribution is -1.94. The molecule has 2 aromatic carbocycles. The van der Waals surface area contributed by atoms with Crippen LogP contribution in [0.4, 0.5) is 0 Å². The maximum atomic E-state index is 6.08. The molecule has 0 spiro atoms. The van der Waals surface area contributed by atoms with Gasteiger partial charge >= 0.3 is 0 Å². The van der Waals surface area contributed by atoms with Gasteiger partial charge in [-0.2, -0.15) is 4.52 Å². The van der Waals surface area contributed by atoms with Gasteiger partial charge < -0.3 is 4.74 Å². The van der Waals surface area contributed by atoms with Crippen molar-refractivity contribution in [3.05, 3.63) is 53.6 Å². The summed E-state index contributed by atoms with van der Waals surface area (Å²) in [7, 11) is 1.65. The molecule has 0 aliphatic carbocycles. The van der Waals surface area contributed by atoms with Crippen molar-refractivity contribution in [1.29, 1.82) is 0 Å². The number of hydrogen-bond donors (Lipinski definition) is 0. The van der Waals surface area contributed by atoms with Gasteiger partial charge in [0.05, 0.1) is 12.6 Å². The summed E-state index contributed by atoms with van der Waals surface area (Å²) in [6.45, 7) is 0. The second-order valence-corrected chi connectivity index (χ2v) is 5.34. The van der Waals surface area contributed by atoms with E-state index >= 15 is 0 Å². The molecule has 6 heteroatoms. The lowest BCUT2D eigenvalue weighted by atomic mass is 10.0. The van der Waals surface area contributed by atoms with Crippen molar-refractivity contribution in [3.63, 3.8) is 0 Å². The Morgan fingerprint density at radius 2 is 2.00 bits per heavy atom. The number of halogens is 1. The summed E-state index contributed by atoms with van der Waals surface area (Å²) in [6, 6.07) is 15.6. The normalized spacial score (nSPS) is 11.2. The molecule has 5 nitrogen and oxygen atoms in total. The molecule has 2 aromatic heterocycles. The Morgan fingerprint density at radius 1 is 1.09 bits per heavy atom. The van der Waals surface area contributed by atoms with Crippen LogP contribution in [0, 0.1) is 0 Å². The third kappa shape index (κ3) is 1.98. The third-order valence-corrected chi connectivity index (χ3v) is 3.85. The number of aromatic nitrogens is 4. The van der Waals surface area contributed by atoms with Gasteiger partial charge in [-0.05, 0) is 46.3 Å². The predicted octanol–water partition coefficient (Wildman–Crippen LogP) is 3.61. The zero-order valence-corrected chi connectivity index (χ0v) is 12.4. The molecule has 2 heterocycles. The first kappa shape index (κ1) is 13.0. The van der Waals surface area contributed by atoms with Gasteiger partial charge in [0.25, 0.3) is 0 Å². The van der Waals surface area contributed by atoms with Crippen molar-refractivity contribution < 1.29 is 4.74 Å². The number of methoxy groups -OCH3 is 1. The number of fused-ring (bicyclic) bond motifs is 3. The molecule has 0 amide bonds. The van der Waals surface area contributed by atoms with Crippen molar-refractivity contribution in [1.82, 2.24) is 20.0 Å². The van der Waals surface area contributed by atoms with Crippen LogP contribution in [0.15, 0.2) is 48.5 Å². The van der Waals surface area contributed by atoms with Gasteiger partial charge in [0.15, 0.2) is 5.65 Å². The molecule has 0 fully saturated rings. The first-order chi connectivity index (χ1) is 10.8. The van der Waals surface area contributed by atoms with Crippen molar-refractivity contribution in [3.8, 4) is 16.9 Å². The second-order valence-electron chi connectivity index (χ2n) is 4.91. The van der Waals surface area contributed by atoms with Gasteiger partial charge in [-0.15, -0.1) is 5.10 Å². The second kappa shape index (κ2) is 4.96. The van der Waals surface area contributed by atoms with Gasteiger partial charge in [-0.25, -0.2) is 0 Å². The molecule has 0 N–H and O–H groups in total. The Bertz CT molecular complexity index is 996. The number of pyridine rings is 1. The monoisotopic (exact) mass is 310 g/mol. The van der Waals surface area contributed by atoms with Crippen LogP contribution >= 0.6 is 11.6 Å². The first-order valence-electron chi connectivity index (χ1n) is 6.71. The molecule has 0 radical (unpaired) electrons. The zero-order chi connectivity index (χ0) is 15.1. The SMILES string of the molecule is COc1cccc(-c2cc3ccc(Cl)cc3n3nnnc23)c1. The van der Waals surface area contributed by atoms with E-state index in [0.717, 1.165) is 27.8 Å². The molecule has 0 unspecified atom stereocenters. The molecule has 0 atom stereocenters. The summed E-state index contributed by atoms with van der Waals surface area (Å²) in [6.07, 6.45) is 0. The van der Waals surface area contributed by atoms with E-state index in [2.05, 4.69) is 21.6 Å². The summed E-state index contributed by atoms with van der Waals surface area (Å²) < 4.78 is 7.00. The van der Waals surface area contributed by atoms with E-state index in [1.807, 2.05) is 42.5 Å². The van der Waals surface area contributed by atoms with E-state index in [4.69, 9.17) is 16.3 Å². The van der Waals surface area contributed by atoms with E-state index in [1.54, 1.807) is 11.6 Å². The van der Waals surface area contributed by atoms with Crippen LogP contribution in [0.2, 0.25) is 5.02 Å². The van der Waals surface area contributed by atoms with E-state index in [0.29, 0.717) is 10.7 Å². The molecule has 0 aliphatic heterocycles. The molecular weight excluding hydrogens is 300 g/mol. The predicted molar refractivity (Wildman–Crippen MR) is 85.3 cm³/mol. The minimum absolute atomic E-state index is 0.651. The Balaban J connectivity index is 2.07. The summed E-state index contributed by atoms with van der Waals surface area (Å²) in [4.78, 5) is 0. The molecule has 108 valence electrons. The molecule has 4 rings (SSSR count). The van der Waals surface area contributed by atoms with Crippen molar-refractivity contribution in [2.75, 3.05) is 7.11 Å². The third-order valence-electron chi connectivity index (χ3n) is 3.61. The van der Waals surface area contributed by atoms with Crippen LogP contribution in [0.5, 0.6) is 5.75 Å². The highest BCUT2D eigenvalue weighted by Gasteiger charge is 2.12. The van der Waals surface area contributed by atoms with Crippen LogP contribution in [-0.4, -0.2) is 27.2 Å². The standard InChI is InChI=1S/C16H11ClN4O/c1-22-13-4-2-3-10(7-13)14-8-11-5-6-12(17)9-15(11)21-16(14)18-19-20-21/h2-9H,1H3. The molecular formula is C16H11ClN4O. The van der Waals surface area contributed by atoms with Gasteiger partial charge in [-0.1, -0.05) is 29.8 Å². The topological polar surface area (TPSA) is 52.3 Å². The number of benzene rings is 2. The van der Waals surface area contributed by atoms with Crippen molar-refractivity contribution in [2.24, 2.45) is 0 Å². The highest BCUT2D eigenvalue weighted by molar-refractivity contribution is 6.31. The quantitative estimate of drug-likeness (QED) is 0.567. The van der Waals surface area contributed by atoms with E-state index < -0.39 is 0 Å². The average Bonchev–Trinajstić information content (AvgIpc) is 3.04. The van der Waals surface area contributed by atoms with Crippen LogP contribution in [0.3, 0.4) is 0 Å². The van der Waals surface area contributed by atoms with Gasteiger partial charge in [-0.3, -0.25) is 0 Å². The van der Waals surface area contributed by atoms with Gasteiger partial charge in [0.2, 0.25) is 0 Å². The Kier molecular flexibility index (Phi) is 2.94. The Morgan fingerprint density at radius 3 is 2.86 bits per heavy atom. The molecule has 0 bridgehead atoms. The first-order valence-corrected chi connectivity index (χ1v) is 7.09. The van der Waals surface area contributed by atoms with Crippen LogP contribution in [0.1, 0.15) is 0 Å². The number of hydrogen-bond acceptors (Lipinski definition) is 4. The highest BCUT2D eigenvalue weighted by Crippen LogP contribution is 2.30. The largest absolute Gasteiger partial charge is 0.497 e. The van der Waals surface area contributed by atoms with Crippen LogP contribution in [0.25, 0.3) is 27.7 Å². The summed E-state index contributed by atoms with van der Waals surface area (Å²) in [5.74, 6) is 0.791. The lowest BCUT2D eigenvalue weighted by molar-refractivity contribution is 0.415. The van der Waals surface area contributed by atoms with Crippen molar-refractivity contribution >= 4 is 28.2 Å². The minimum atomic E-state index is 0.651. The maximum absolute atomic E-state index is 6.08. The van der Waals surface area contributed by atoms with Gasteiger partial charge in [0.1, 0.15) is 5.75 Å². The number of nitrogens with zero attached hydrogens (tertiary/aromatic N) is 4. The Hall–Kier alpha value is -2.66.